The van der Waals surface area contributed by atoms with Gasteiger partial charge in [-0.1, -0.05) is 33.1 Å². The second-order valence-electron chi connectivity index (χ2n) is 7.60. The Morgan fingerprint density at radius 1 is 1.13 bits per heavy atom. The van der Waals surface area contributed by atoms with E-state index in [-0.39, 0.29) is 18.1 Å². The van der Waals surface area contributed by atoms with Crippen molar-refractivity contribution in [3.8, 4) is 0 Å². The van der Waals surface area contributed by atoms with E-state index in [1.165, 1.54) is 32.1 Å². The fraction of sp³-hybridized carbons (Fsp3) is 0.944. The third kappa shape index (κ3) is 6.30. The topological polar surface area (TPSA) is 64.6 Å². The molecular formula is C18H35N3O2. The molecule has 2 aliphatic rings. The highest BCUT2D eigenvalue weighted by Crippen LogP contribution is 2.25. The average molecular weight is 325 g/mol. The van der Waals surface area contributed by atoms with Gasteiger partial charge in [-0.05, 0) is 38.0 Å². The lowest BCUT2D eigenvalue weighted by atomic mass is 9.92. The van der Waals surface area contributed by atoms with Crippen molar-refractivity contribution in [3.05, 3.63) is 0 Å². The molecule has 0 spiro atoms. The second kappa shape index (κ2) is 9.48. The number of piperidine rings is 1. The van der Waals surface area contributed by atoms with E-state index in [4.69, 9.17) is 0 Å². The van der Waals surface area contributed by atoms with Gasteiger partial charge in [0.15, 0.2) is 0 Å². The summed E-state index contributed by atoms with van der Waals surface area (Å²) in [7, 11) is 0. The van der Waals surface area contributed by atoms with Crippen LogP contribution < -0.4 is 10.6 Å². The van der Waals surface area contributed by atoms with Crippen molar-refractivity contribution in [2.45, 2.75) is 83.4 Å². The predicted octanol–water partition coefficient (Wildman–Crippen LogP) is 2.49. The Hall–Kier alpha value is -0.810. The molecule has 5 heteroatoms. The summed E-state index contributed by atoms with van der Waals surface area (Å²) < 4.78 is 0. The number of likely N-dealkylation sites (tertiary alicyclic amines) is 1. The van der Waals surface area contributed by atoms with Crippen LogP contribution in [0.25, 0.3) is 0 Å². The molecule has 1 unspecified atom stereocenters. The van der Waals surface area contributed by atoms with E-state index >= 15 is 0 Å². The number of amides is 2. The minimum absolute atomic E-state index is 0.0860. The molecule has 5 nitrogen and oxygen atoms in total. The minimum atomic E-state index is -0.339. The number of hydrogen-bond donors (Lipinski definition) is 3. The zero-order chi connectivity index (χ0) is 16.7. The quantitative estimate of drug-likeness (QED) is 0.703. The highest BCUT2D eigenvalue weighted by atomic mass is 16.3. The molecule has 3 N–H and O–H groups in total. The van der Waals surface area contributed by atoms with Gasteiger partial charge in [0.2, 0.25) is 0 Å². The smallest absolute Gasteiger partial charge is 0.315 e. The highest BCUT2D eigenvalue weighted by Gasteiger charge is 2.26. The molecule has 1 aliphatic carbocycles. The fourth-order valence-electron chi connectivity index (χ4n) is 3.76. The van der Waals surface area contributed by atoms with E-state index < -0.39 is 0 Å². The molecule has 0 radical (unpaired) electrons. The number of rotatable bonds is 6. The highest BCUT2D eigenvalue weighted by molar-refractivity contribution is 5.74. The Bertz CT molecular complexity index is 348. The first kappa shape index (κ1) is 18.5. The summed E-state index contributed by atoms with van der Waals surface area (Å²) in [6.45, 7) is 6.74. The van der Waals surface area contributed by atoms with Gasteiger partial charge in [-0.3, -0.25) is 0 Å². The Morgan fingerprint density at radius 2 is 1.78 bits per heavy atom. The molecule has 0 bridgehead atoms. The summed E-state index contributed by atoms with van der Waals surface area (Å²) >= 11 is 0. The van der Waals surface area contributed by atoms with Crippen LogP contribution >= 0.6 is 0 Å². The number of carbonyl (C=O) groups is 1. The van der Waals surface area contributed by atoms with Gasteiger partial charge in [-0.25, -0.2) is 4.79 Å². The van der Waals surface area contributed by atoms with Gasteiger partial charge in [0, 0.05) is 31.7 Å². The lowest BCUT2D eigenvalue weighted by Gasteiger charge is -2.39. The summed E-state index contributed by atoms with van der Waals surface area (Å²) in [4.78, 5) is 14.6. The van der Waals surface area contributed by atoms with Crippen molar-refractivity contribution < 1.29 is 9.90 Å². The number of aliphatic hydroxyl groups is 1. The predicted molar refractivity (Wildman–Crippen MR) is 93.5 cm³/mol. The molecule has 1 saturated heterocycles. The Balaban J connectivity index is 1.59. The summed E-state index contributed by atoms with van der Waals surface area (Å²) in [5.74, 6) is 0.240. The second-order valence-corrected chi connectivity index (χ2v) is 7.60. The lowest BCUT2D eigenvalue weighted by molar-refractivity contribution is 0.114. The lowest BCUT2D eigenvalue weighted by Crippen LogP contribution is -2.50. The molecule has 0 aromatic carbocycles. The van der Waals surface area contributed by atoms with Crippen LogP contribution in [0.4, 0.5) is 4.79 Å². The van der Waals surface area contributed by atoms with Crippen LogP contribution in [0.3, 0.4) is 0 Å². The van der Waals surface area contributed by atoms with Gasteiger partial charge in [0.25, 0.3) is 0 Å². The van der Waals surface area contributed by atoms with Crippen LogP contribution in [-0.4, -0.2) is 53.9 Å². The monoisotopic (exact) mass is 325 g/mol. The number of hydrogen-bond acceptors (Lipinski definition) is 3. The van der Waals surface area contributed by atoms with Crippen LogP contribution in [-0.2, 0) is 0 Å². The normalized spacial score (nSPS) is 23.0. The molecule has 1 aliphatic heterocycles. The van der Waals surface area contributed by atoms with E-state index in [2.05, 4.69) is 15.5 Å². The molecule has 2 rings (SSSR count). The van der Waals surface area contributed by atoms with Crippen LogP contribution in [0.2, 0.25) is 0 Å². The molecule has 134 valence electrons. The van der Waals surface area contributed by atoms with Gasteiger partial charge in [0.1, 0.15) is 0 Å². The van der Waals surface area contributed by atoms with E-state index in [0.717, 1.165) is 32.0 Å². The average Bonchev–Trinajstić information content (AvgIpc) is 2.56. The minimum Gasteiger partial charge on any atom is -0.393 e. The van der Waals surface area contributed by atoms with Gasteiger partial charge in [0.05, 0.1) is 6.10 Å². The van der Waals surface area contributed by atoms with Gasteiger partial charge < -0.3 is 20.6 Å². The standard InChI is InChI=1S/C18H35N3O2/c1-14(2)17(22)8-11-19-18(23)20-15-9-12-21(13-10-15)16-6-4-3-5-7-16/h14-17,22H,3-13H2,1-2H3,(H2,19,20,23). The maximum Gasteiger partial charge on any atom is 0.315 e. The van der Waals surface area contributed by atoms with E-state index in [1.54, 1.807) is 0 Å². The fourth-order valence-corrected chi connectivity index (χ4v) is 3.76. The number of nitrogens with zero attached hydrogens (tertiary/aromatic N) is 1. The Morgan fingerprint density at radius 3 is 2.39 bits per heavy atom. The molecule has 0 aromatic rings. The van der Waals surface area contributed by atoms with Crippen molar-refractivity contribution in [1.82, 2.24) is 15.5 Å². The van der Waals surface area contributed by atoms with Crippen molar-refractivity contribution >= 4 is 6.03 Å². The van der Waals surface area contributed by atoms with E-state index in [9.17, 15) is 9.90 Å². The third-order valence-corrected chi connectivity index (χ3v) is 5.45. The largest absolute Gasteiger partial charge is 0.393 e. The van der Waals surface area contributed by atoms with Gasteiger partial charge >= 0.3 is 6.03 Å². The molecule has 0 aromatic heterocycles. The van der Waals surface area contributed by atoms with Crippen LogP contribution in [0.15, 0.2) is 0 Å². The number of aliphatic hydroxyl groups excluding tert-OH is 1. The van der Waals surface area contributed by atoms with E-state index in [0.29, 0.717) is 19.0 Å². The summed E-state index contributed by atoms with van der Waals surface area (Å²) in [6.07, 6.45) is 9.27. The number of nitrogens with one attached hydrogen (secondary N) is 2. The van der Waals surface area contributed by atoms with Crippen molar-refractivity contribution in [1.29, 1.82) is 0 Å². The number of carbonyl (C=O) groups excluding carboxylic acids is 1. The maximum atomic E-state index is 11.9. The number of urea groups is 1. The Kier molecular flexibility index (Phi) is 7.63. The van der Waals surface area contributed by atoms with Crippen molar-refractivity contribution in [3.63, 3.8) is 0 Å². The zero-order valence-electron chi connectivity index (χ0n) is 14.9. The van der Waals surface area contributed by atoms with E-state index in [1.807, 2.05) is 13.8 Å². The molecule has 1 atom stereocenters. The summed E-state index contributed by atoms with van der Waals surface area (Å²) in [5.41, 5.74) is 0. The first-order valence-corrected chi connectivity index (χ1v) is 9.52. The molecule has 23 heavy (non-hydrogen) atoms. The third-order valence-electron chi connectivity index (χ3n) is 5.45. The van der Waals surface area contributed by atoms with Crippen LogP contribution in [0.1, 0.15) is 65.2 Å². The molecule has 1 heterocycles. The van der Waals surface area contributed by atoms with Crippen molar-refractivity contribution in [2.75, 3.05) is 19.6 Å². The van der Waals surface area contributed by atoms with Crippen molar-refractivity contribution in [2.24, 2.45) is 5.92 Å². The zero-order valence-corrected chi connectivity index (χ0v) is 14.9. The molecule has 2 amide bonds. The molecular weight excluding hydrogens is 290 g/mol. The molecule has 1 saturated carbocycles. The first-order chi connectivity index (χ1) is 11.1. The molecule has 2 fully saturated rings. The summed E-state index contributed by atoms with van der Waals surface area (Å²) in [6, 6.07) is 0.998. The SMILES string of the molecule is CC(C)C(O)CCNC(=O)NC1CCN(C2CCCCC2)CC1. The first-order valence-electron chi connectivity index (χ1n) is 9.52. The summed E-state index contributed by atoms with van der Waals surface area (Å²) in [5, 5.41) is 15.7. The van der Waals surface area contributed by atoms with Gasteiger partial charge in [-0.2, -0.15) is 0 Å². The maximum absolute atomic E-state index is 11.9. The Labute approximate surface area is 141 Å². The van der Waals surface area contributed by atoms with Gasteiger partial charge in [-0.15, -0.1) is 0 Å². The van der Waals surface area contributed by atoms with Crippen LogP contribution in [0, 0.1) is 5.92 Å². The van der Waals surface area contributed by atoms with Crippen LogP contribution in [0.5, 0.6) is 0 Å².